The molecule has 0 heterocycles. The fourth-order valence-corrected chi connectivity index (χ4v) is 2.29. The summed E-state index contributed by atoms with van der Waals surface area (Å²) in [5.41, 5.74) is 0. The summed E-state index contributed by atoms with van der Waals surface area (Å²) in [5.74, 6) is 2.41. The molecule has 126 valence electrons. The standard InChI is InChI=1S/C19H32O3/c1-4-6-8-10-14-21-17-12-13-18(19(16-17)20-3)22-15-11-9-7-5-2/h12-13,16H,4-11,14-15H2,1-3H3. The van der Waals surface area contributed by atoms with Gasteiger partial charge in [-0.05, 0) is 25.0 Å². The third-order valence-corrected chi connectivity index (χ3v) is 3.66. The molecule has 0 amide bonds. The van der Waals surface area contributed by atoms with Gasteiger partial charge < -0.3 is 14.2 Å². The lowest BCUT2D eigenvalue weighted by atomic mass is 10.2. The molecule has 22 heavy (non-hydrogen) atoms. The molecule has 0 aromatic heterocycles. The van der Waals surface area contributed by atoms with Gasteiger partial charge in [-0.25, -0.2) is 0 Å². The van der Waals surface area contributed by atoms with Crippen molar-refractivity contribution in [2.45, 2.75) is 65.2 Å². The topological polar surface area (TPSA) is 27.7 Å². The molecule has 0 unspecified atom stereocenters. The summed E-state index contributed by atoms with van der Waals surface area (Å²) in [7, 11) is 1.67. The molecule has 1 rings (SSSR count). The molecule has 0 bridgehead atoms. The molecule has 0 fully saturated rings. The van der Waals surface area contributed by atoms with E-state index in [1.165, 1.54) is 38.5 Å². The summed E-state index contributed by atoms with van der Waals surface area (Å²) in [6.45, 7) is 5.94. The van der Waals surface area contributed by atoms with Gasteiger partial charge >= 0.3 is 0 Å². The Morgan fingerprint density at radius 2 is 1.36 bits per heavy atom. The van der Waals surface area contributed by atoms with Crippen molar-refractivity contribution >= 4 is 0 Å². The molecule has 0 saturated heterocycles. The van der Waals surface area contributed by atoms with E-state index >= 15 is 0 Å². The maximum absolute atomic E-state index is 5.81. The van der Waals surface area contributed by atoms with Crippen LogP contribution < -0.4 is 14.2 Å². The second kappa shape index (κ2) is 12.2. The Hall–Kier alpha value is -1.38. The van der Waals surface area contributed by atoms with Crippen molar-refractivity contribution < 1.29 is 14.2 Å². The summed E-state index contributed by atoms with van der Waals surface area (Å²) in [6.07, 6.45) is 9.68. The van der Waals surface area contributed by atoms with Gasteiger partial charge in [0.25, 0.3) is 0 Å². The minimum absolute atomic E-state index is 0.744. The smallest absolute Gasteiger partial charge is 0.164 e. The van der Waals surface area contributed by atoms with Crippen molar-refractivity contribution in [3.8, 4) is 17.2 Å². The van der Waals surface area contributed by atoms with Crippen LogP contribution in [0.25, 0.3) is 0 Å². The van der Waals surface area contributed by atoms with Crippen LogP contribution in [0, 0.1) is 0 Å². The lowest BCUT2D eigenvalue weighted by Crippen LogP contribution is -2.01. The Bertz CT molecular complexity index is 390. The molecule has 0 spiro atoms. The van der Waals surface area contributed by atoms with Gasteiger partial charge in [-0.15, -0.1) is 0 Å². The van der Waals surface area contributed by atoms with Crippen LogP contribution in [0.5, 0.6) is 17.2 Å². The second-order valence-electron chi connectivity index (χ2n) is 5.63. The zero-order valence-corrected chi connectivity index (χ0v) is 14.5. The second-order valence-corrected chi connectivity index (χ2v) is 5.63. The highest BCUT2D eigenvalue weighted by Crippen LogP contribution is 2.31. The molecule has 0 aliphatic heterocycles. The largest absolute Gasteiger partial charge is 0.493 e. The zero-order chi connectivity index (χ0) is 16.0. The number of unbranched alkanes of at least 4 members (excludes halogenated alkanes) is 6. The average molecular weight is 308 g/mol. The van der Waals surface area contributed by atoms with Crippen molar-refractivity contribution in [1.29, 1.82) is 0 Å². The van der Waals surface area contributed by atoms with E-state index in [4.69, 9.17) is 14.2 Å². The normalized spacial score (nSPS) is 10.5. The molecule has 0 aliphatic carbocycles. The van der Waals surface area contributed by atoms with Crippen molar-refractivity contribution in [2.24, 2.45) is 0 Å². The molecule has 1 aromatic rings. The van der Waals surface area contributed by atoms with E-state index in [0.717, 1.165) is 43.3 Å². The van der Waals surface area contributed by atoms with E-state index in [1.54, 1.807) is 7.11 Å². The first-order valence-corrected chi connectivity index (χ1v) is 8.75. The van der Waals surface area contributed by atoms with Crippen LogP contribution in [0.15, 0.2) is 18.2 Å². The first kappa shape index (κ1) is 18.7. The number of hydrogen-bond acceptors (Lipinski definition) is 3. The Morgan fingerprint density at radius 3 is 1.95 bits per heavy atom. The van der Waals surface area contributed by atoms with Crippen LogP contribution in [0.1, 0.15) is 65.2 Å². The highest BCUT2D eigenvalue weighted by Gasteiger charge is 2.06. The van der Waals surface area contributed by atoms with E-state index in [9.17, 15) is 0 Å². The number of rotatable bonds is 13. The Morgan fingerprint density at radius 1 is 0.727 bits per heavy atom. The number of methoxy groups -OCH3 is 1. The van der Waals surface area contributed by atoms with E-state index in [1.807, 2.05) is 18.2 Å². The first-order valence-electron chi connectivity index (χ1n) is 8.75. The zero-order valence-electron chi connectivity index (χ0n) is 14.5. The Balaban J connectivity index is 2.38. The number of hydrogen-bond donors (Lipinski definition) is 0. The SMILES string of the molecule is CCCCCCOc1ccc(OCCCCCC)c(OC)c1. The molecular formula is C19H32O3. The molecule has 0 saturated carbocycles. The van der Waals surface area contributed by atoms with Crippen molar-refractivity contribution in [2.75, 3.05) is 20.3 Å². The molecule has 3 heteroatoms. The molecule has 0 radical (unpaired) electrons. The van der Waals surface area contributed by atoms with Crippen LogP contribution >= 0.6 is 0 Å². The molecule has 3 nitrogen and oxygen atoms in total. The van der Waals surface area contributed by atoms with Gasteiger partial charge in [0.05, 0.1) is 20.3 Å². The minimum Gasteiger partial charge on any atom is -0.493 e. The maximum atomic E-state index is 5.81. The van der Waals surface area contributed by atoms with Gasteiger partial charge in [0.15, 0.2) is 11.5 Å². The van der Waals surface area contributed by atoms with Crippen molar-refractivity contribution in [3.05, 3.63) is 18.2 Å². The van der Waals surface area contributed by atoms with Crippen LogP contribution in [0.2, 0.25) is 0 Å². The van der Waals surface area contributed by atoms with E-state index in [-0.39, 0.29) is 0 Å². The van der Waals surface area contributed by atoms with E-state index in [0.29, 0.717) is 0 Å². The lowest BCUT2D eigenvalue weighted by Gasteiger charge is -2.13. The fourth-order valence-electron chi connectivity index (χ4n) is 2.29. The predicted molar refractivity (Wildman–Crippen MR) is 92.3 cm³/mol. The van der Waals surface area contributed by atoms with Gasteiger partial charge in [-0.3, -0.25) is 0 Å². The summed E-state index contributed by atoms with van der Waals surface area (Å²) < 4.78 is 17.0. The highest BCUT2D eigenvalue weighted by molar-refractivity contribution is 5.45. The highest BCUT2D eigenvalue weighted by atomic mass is 16.5. The lowest BCUT2D eigenvalue weighted by molar-refractivity contribution is 0.279. The molecule has 0 N–H and O–H groups in total. The Labute approximate surface area is 136 Å². The third kappa shape index (κ3) is 7.58. The van der Waals surface area contributed by atoms with Crippen molar-refractivity contribution in [3.63, 3.8) is 0 Å². The summed E-state index contributed by atoms with van der Waals surface area (Å²) in [5, 5.41) is 0. The van der Waals surface area contributed by atoms with Gasteiger partial charge in [0.2, 0.25) is 0 Å². The van der Waals surface area contributed by atoms with E-state index < -0.39 is 0 Å². The maximum Gasteiger partial charge on any atom is 0.164 e. The van der Waals surface area contributed by atoms with E-state index in [2.05, 4.69) is 13.8 Å². The number of benzene rings is 1. The molecule has 0 atom stereocenters. The van der Waals surface area contributed by atoms with Gasteiger partial charge in [-0.2, -0.15) is 0 Å². The van der Waals surface area contributed by atoms with Crippen LogP contribution in [-0.4, -0.2) is 20.3 Å². The van der Waals surface area contributed by atoms with Crippen LogP contribution in [0.4, 0.5) is 0 Å². The first-order chi connectivity index (χ1) is 10.8. The molecule has 0 aliphatic rings. The molecule has 1 aromatic carbocycles. The predicted octanol–water partition coefficient (Wildman–Crippen LogP) is 5.61. The Kier molecular flexibility index (Phi) is 10.3. The molecular weight excluding hydrogens is 276 g/mol. The summed E-state index contributed by atoms with van der Waals surface area (Å²) in [6, 6.07) is 5.82. The van der Waals surface area contributed by atoms with Crippen LogP contribution in [-0.2, 0) is 0 Å². The number of ether oxygens (including phenoxy) is 3. The van der Waals surface area contributed by atoms with Gasteiger partial charge in [-0.1, -0.05) is 52.4 Å². The quantitative estimate of drug-likeness (QED) is 0.443. The van der Waals surface area contributed by atoms with Gasteiger partial charge in [0.1, 0.15) is 5.75 Å². The summed E-state index contributed by atoms with van der Waals surface area (Å²) >= 11 is 0. The monoisotopic (exact) mass is 308 g/mol. The van der Waals surface area contributed by atoms with Crippen LogP contribution in [0.3, 0.4) is 0 Å². The minimum atomic E-state index is 0.744. The third-order valence-electron chi connectivity index (χ3n) is 3.66. The average Bonchev–Trinajstić information content (AvgIpc) is 2.55. The van der Waals surface area contributed by atoms with Crippen molar-refractivity contribution in [1.82, 2.24) is 0 Å². The fraction of sp³-hybridized carbons (Fsp3) is 0.684. The van der Waals surface area contributed by atoms with Gasteiger partial charge in [0, 0.05) is 6.07 Å². The summed E-state index contributed by atoms with van der Waals surface area (Å²) in [4.78, 5) is 0.